The lowest BCUT2D eigenvalue weighted by Gasteiger charge is -2.36. The summed E-state index contributed by atoms with van der Waals surface area (Å²) >= 11 is 0. The van der Waals surface area contributed by atoms with Crippen molar-refractivity contribution in [2.75, 3.05) is 6.54 Å². The first-order valence-corrected chi connectivity index (χ1v) is 10.7. The van der Waals surface area contributed by atoms with Gasteiger partial charge >= 0.3 is 0 Å². The van der Waals surface area contributed by atoms with Crippen molar-refractivity contribution in [3.05, 3.63) is 47.0 Å². The summed E-state index contributed by atoms with van der Waals surface area (Å²) in [5.41, 5.74) is 5.64. The fourth-order valence-electron chi connectivity index (χ4n) is 5.85. The second-order valence-electron chi connectivity index (χ2n) is 9.41. The molecular formula is C23H30N4O. The van der Waals surface area contributed by atoms with Gasteiger partial charge in [-0.15, -0.1) is 0 Å². The maximum Gasteiger partial charge on any atom is 0.224 e. The van der Waals surface area contributed by atoms with E-state index in [1.165, 1.54) is 23.4 Å². The predicted octanol–water partition coefficient (Wildman–Crippen LogP) is 4.03. The van der Waals surface area contributed by atoms with E-state index in [1.807, 2.05) is 12.3 Å². The third kappa shape index (κ3) is 2.70. The van der Waals surface area contributed by atoms with Gasteiger partial charge in [0.1, 0.15) is 0 Å². The first-order valence-electron chi connectivity index (χ1n) is 10.7. The fraction of sp³-hybridized carbons (Fsp3) is 0.609. The molecule has 2 fully saturated rings. The zero-order chi connectivity index (χ0) is 19.5. The summed E-state index contributed by atoms with van der Waals surface area (Å²) in [6.07, 6.45) is 8.67. The minimum atomic E-state index is 0.175. The number of fused-ring (bicyclic) bond motifs is 3. The van der Waals surface area contributed by atoms with E-state index < -0.39 is 0 Å². The number of nitrogens with zero attached hydrogens (tertiary/aromatic N) is 4. The second-order valence-corrected chi connectivity index (χ2v) is 9.41. The van der Waals surface area contributed by atoms with E-state index in [-0.39, 0.29) is 11.9 Å². The molecular weight excluding hydrogens is 348 g/mol. The van der Waals surface area contributed by atoms with Crippen LogP contribution < -0.4 is 0 Å². The Kier molecular flexibility index (Phi) is 4.11. The van der Waals surface area contributed by atoms with E-state index in [9.17, 15) is 4.79 Å². The van der Waals surface area contributed by atoms with Gasteiger partial charge in [-0.2, -0.15) is 5.10 Å². The minimum Gasteiger partial charge on any atom is -0.336 e. The average Bonchev–Trinajstić information content (AvgIpc) is 3.04. The minimum absolute atomic E-state index is 0.175. The molecule has 5 rings (SSSR count). The standard InChI is InChI=1S/C23H30N4O/c1-15-21-19(13-17-22(21)23(17,2)3)27(25-15)12-9-20(28)26-11-5-4-8-18(26)16-7-6-10-24-14-16/h6-7,10,14,17-18,22H,4-5,8-9,11-13H2,1-3H3. The van der Waals surface area contributed by atoms with E-state index in [2.05, 4.69) is 41.4 Å². The van der Waals surface area contributed by atoms with Crippen molar-refractivity contribution in [3.8, 4) is 0 Å². The van der Waals surface area contributed by atoms with Crippen LogP contribution in [0.15, 0.2) is 24.5 Å². The number of aromatic nitrogens is 3. The van der Waals surface area contributed by atoms with Gasteiger partial charge in [0.05, 0.1) is 11.7 Å². The molecule has 0 bridgehead atoms. The summed E-state index contributed by atoms with van der Waals surface area (Å²) in [5.74, 6) is 1.71. The molecule has 0 N–H and O–H groups in total. The summed E-state index contributed by atoms with van der Waals surface area (Å²) in [4.78, 5) is 19.4. The number of hydrogen-bond donors (Lipinski definition) is 0. The molecule has 0 radical (unpaired) electrons. The van der Waals surface area contributed by atoms with Crippen molar-refractivity contribution >= 4 is 5.91 Å². The van der Waals surface area contributed by atoms with Gasteiger partial charge in [-0.3, -0.25) is 14.5 Å². The first kappa shape index (κ1) is 17.9. The van der Waals surface area contributed by atoms with Crippen LogP contribution >= 0.6 is 0 Å². The SMILES string of the molecule is Cc1nn(CCC(=O)N2CCCCC2c2cccnc2)c2c1C1C(C2)C1(C)C. The van der Waals surface area contributed by atoms with Crippen LogP contribution in [0.25, 0.3) is 0 Å². The summed E-state index contributed by atoms with van der Waals surface area (Å²) in [7, 11) is 0. The molecule has 28 heavy (non-hydrogen) atoms. The smallest absolute Gasteiger partial charge is 0.224 e. The van der Waals surface area contributed by atoms with Gasteiger partial charge in [-0.25, -0.2) is 0 Å². The molecule has 3 atom stereocenters. The lowest BCUT2D eigenvalue weighted by atomic mass is 9.96. The number of hydrogen-bond acceptors (Lipinski definition) is 3. The Morgan fingerprint density at radius 3 is 2.96 bits per heavy atom. The Morgan fingerprint density at radius 2 is 2.18 bits per heavy atom. The molecule has 1 amide bonds. The Bertz CT molecular complexity index is 901. The van der Waals surface area contributed by atoms with Gasteiger partial charge < -0.3 is 4.90 Å². The van der Waals surface area contributed by atoms with Gasteiger partial charge in [0, 0.05) is 43.2 Å². The Labute approximate surface area is 167 Å². The highest BCUT2D eigenvalue weighted by atomic mass is 16.2. The van der Waals surface area contributed by atoms with Crippen LogP contribution in [0.5, 0.6) is 0 Å². The normalized spacial score (nSPS) is 27.4. The molecule has 3 heterocycles. The van der Waals surface area contributed by atoms with Crippen LogP contribution in [0.1, 0.15) is 74.0 Å². The number of likely N-dealkylation sites (tertiary alicyclic amines) is 1. The monoisotopic (exact) mass is 378 g/mol. The number of amides is 1. The highest BCUT2D eigenvalue weighted by Gasteiger charge is 2.63. The molecule has 0 aromatic carbocycles. The number of aryl methyl sites for hydroxylation is 2. The van der Waals surface area contributed by atoms with E-state index in [1.54, 1.807) is 6.20 Å². The predicted molar refractivity (Wildman–Crippen MR) is 108 cm³/mol. The maximum absolute atomic E-state index is 13.1. The van der Waals surface area contributed by atoms with E-state index in [4.69, 9.17) is 5.10 Å². The third-order valence-electron chi connectivity index (χ3n) is 7.49. The quantitative estimate of drug-likeness (QED) is 0.807. The number of carbonyl (C=O) groups excluding carboxylic acids is 1. The molecule has 0 spiro atoms. The summed E-state index contributed by atoms with van der Waals surface area (Å²) in [5, 5.41) is 4.81. The molecule has 2 aromatic rings. The van der Waals surface area contributed by atoms with Crippen molar-refractivity contribution in [2.24, 2.45) is 11.3 Å². The molecule has 5 nitrogen and oxygen atoms in total. The molecule has 1 aliphatic heterocycles. The fourth-order valence-corrected chi connectivity index (χ4v) is 5.85. The van der Waals surface area contributed by atoms with Gasteiger partial charge in [0.15, 0.2) is 0 Å². The maximum atomic E-state index is 13.1. The van der Waals surface area contributed by atoms with Crippen molar-refractivity contribution < 1.29 is 4.79 Å². The molecule has 3 unspecified atom stereocenters. The first-order chi connectivity index (χ1) is 13.5. The molecule has 2 aromatic heterocycles. The number of carbonyl (C=O) groups is 1. The lowest BCUT2D eigenvalue weighted by Crippen LogP contribution is -2.39. The van der Waals surface area contributed by atoms with Crippen LogP contribution in [0, 0.1) is 18.3 Å². The van der Waals surface area contributed by atoms with Crippen LogP contribution in [0.2, 0.25) is 0 Å². The highest BCUT2D eigenvalue weighted by Crippen LogP contribution is 2.70. The van der Waals surface area contributed by atoms with Gasteiger partial charge in [-0.1, -0.05) is 19.9 Å². The molecule has 3 aliphatic rings. The zero-order valence-electron chi connectivity index (χ0n) is 17.2. The average molecular weight is 379 g/mol. The zero-order valence-corrected chi connectivity index (χ0v) is 17.2. The van der Waals surface area contributed by atoms with Crippen molar-refractivity contribution in [1.82, 2.24) is 19.7 Å². The molecule has 5 heteroatoms. The Morgan fingerprint density at radius 1 is 1.32 bits per heavy atom. The van der Waals surface area contributed by atoms with Crippen LogP contribution in [0.4, 0.5) is 0 Å². The van der Waals surface area contributed by atoms with Gasteiger partial charge in [0.25, 0.3) is 0 Å². The third-order valence-corrected chi connectivity index (χ3v) is 7.49. The van der Waals surface area contributed by atoms with Crippen LogP contribution in [-0.4, -0.2) is 32.1 Å². The summed E-state index contributed by atoms with van der Waals surface area (Å²) in [6, 6.07) is 4.24. The number of piperidine rings is 1. The highest BCUT2D eigenvalue weighted by molar-refractivity contribution is 5.76. The summed E-state index contributed by atoms with van der Waals surface area (Å²) < 4.78 is 2.13. The van der Waals surface area contributed by atoms with Crippen molar-refractivity contribution in [3.63, 3.8) is 0 Å². The van der Waals surface area contributed by atoms with Crippen LogP contribution in [0.3, 0.4) is 0 Å². The van der Waals surface area contributed by atoms with E-state index in [0.717, 1.165) is 37.3 Å². The van der Waals surface area contributed by atoms with Crippen molar-refractivity contribution in [2.45, 2.75) is 71.4 Å². The molecule has 148 valence electrons. The van der Waals surface area contributed by atoms with Gasteiger partial charge in [-0.05, 0) is 61.5 Å². The Hall–Kier alpha value is -2.17. The largest absolute Gasteiger partial charge is 0.336 e. The van der Waals surface area contributed by atoms with E-state index in [0.29, 0.717) is 24.3 Å². The van der Waals surface area contributed by atoms with Crippen molar-refractivity contribution in [1.29, 1.82) is 0 Å². The molecule has 2 aliphatic carbocycles. The van der Waals surface area contributed by atoms with E-state index >= 15 is 0 Å². The topological polar surface area (TPSA) is 51.0 Å². The lowest BCUT2D eigenvalue weighted by molar-refractivity contribution is -0.135. The molecule has 1 saturated carbocycles. The van der Waals surface area contributed by atoms with Crippen LogP contribution in [-0.2, 0) is 17.8 Å². The number of pyridine rings is 1. The molecule has 1 saturated heterocycles. The second kappa shape index (κ2) is 6.43. The summed E-state index contributed by atoms with van der Waals surface area (Å²) in [6.45, 7) is 8.44. The Balaban J connectivity index is 1.29. The number of rotatable bonds is 4. The van der Waals surface area contributed by atoms with Gasteiger partial charge in [0.2, 0.25) is 5.91 Å².